The number of nitrogens with zero attached hydrogens (tertiary/aromatic N) is 1. The maximum Gasteiger partial charge on any atom is 0.422 e. The van der Waals surface area contributed by atoms with Gasteiger partial charge in [0.1, 0.15) is 0 Å². The molecule has 164 valence electrons. The first-order valence-electron chi connectivity index (χ1n) is 9.34. The molecule has 0 saturated heterocycles. The van der Waals surface area contributed by atoms with Crippen LogP contribution >= 0.6 is 0 Å². The zero-order valence-corrected chi connectivity index (χ0v) is 16.7. The SMILES string of the molecule is COc1ccc(C(C)CC(O)(/C=N/c2cccc3[nH]c(=O)ccc23)C(F)(F)F)cc1F. The number of hydrogen-bond donors (Lipinski definition) is 2. The molecular weight excluding hydrogens is 416 g/mol. The van der Waals surface area contributed by atoms with Gasteiger partial charge in [0.25, 0.3) is 0 Å². The molecule has 0 aliphatic rings. The third-order valence-corrected chi connectivity index (χ3v) is 5.01. The van der Waals surface area contributed by atoms with Crippen LogP contribution in [0.15, 0.2) is 58.3 Å². The van der Waals surface area contributed by atoms with E-state index < -0.39 is 29.9 Å². The lowest BCUT2D eigenvalue weighted by Gasteiger charge is -2.29. The Morgan fingerprint density at radius 2 is 1.94 bits per heavy atom. The van der Waals surface area contributed by atoms with Crippen LogP contribution in [-0.2, 0) is 0 Å². The van der Waals surface area contributed by atoms with Gasteiger partial charge < -0.3 is 14.8 Å². The minimum atomic E-state index is -5.02. The summed E-state index contributed by atoms with van der Waals surface area (Å²) in [6, 6.07) is 11.1. The number of fused-ring (bicyclic) bond motifs is 1. The maximum atomic E-state index is 14.0. The molecule has 9 heteroatoms. The molecule has 5 nitrogen and oxygen atoms in total. The van der Waals surface area contributed by atoms with E-state index in [0.29, 0.717) is 17.1 Å². The van der Waals surface area contributed by atoms with Crippen LogP contribution in [0.25, 0.3) is 10.9 Å². The van der Waals surface area contributed by atoms with E-state index in [1.54, 1.807) is 6.07 Å². The number of aliphatic imine (C=N–C) groups is 1. The molecule has 0 amide bonds. The smallest absolute Gasteiger partial charge is 0.422 e. The molecule has 31 heavy (non-hydrogen) atoms. The highest BCUT2D eigenvalue weighted by Crippen LogP contribution is 2.38. The highest BCUT2D eigenvalue weighted by atomic mass is 19.4. The lowest BCUT2D eigenvalue weighted by Crippen LogP contribution is -2.47. The zero-order chi connectivity index (χ0) is 22.8. The molecule has 2 N–H and O–H groups in total. The molecule has 0 aliphatic heterocycles. The Kier molecular flexibility index (Phi) is 6.17. The standard InChI is InChI=1S/C22H20F4N2O3/c1-13(14-6-8-19(31-2)16(23)10-14)11-21(30,22(24,25)26)12-27-17-4-3-5-18-15(17)7-9-20(29)28-18/h3-10,12-13,30H,11H2,1-2H3,(H,28,29)/b27-12+. The Balaban J connectivity index is 1.94. The van der Waals surface area contributed by atoms with Crippen LogP contribution in [0, 0.1) is 5.82 Å². The van der Waals surface area contributed by atoms with Crippen molar-refractivity contribution in [2.45, 2.75) is 31.0 Å². The minimum absolute atomic E-state index is 0.0300. The van der Waals surface area contributed by atoms with E-state index in [9.17, 15) is 27.5 Å². The second-order valence-corrected chi connectivity index (χ2v) is 7.24. The van der Waals surface area contributed by atoms with Crippen molar-refractivity contribution in [2.75, 3.05) is 7.11 Å². The fraction of sp³-hybridized carbons (Fsp3) is 0.273. The summed E-state index contributed by atoms with van der Waals surface area (Å²) >= 11 is 0. The molecule has 0 radical (unpaired) electrons. The number of hydrogen-bond acceptors (Lipinski definition) is 4. The number of H-pyrrole nitrogens is 1. The monoisotopic (exact) mass is 436 g/mol. The molecule has 0 aliphatic carbocycles. The predicted molar refractivity (Wildman–Crippen MR) is 110 cm³/mol. The zero-order valence-electron chi connectivity index (χ0n) is 16.7. The Hall–Kier alpha value is -3.20. The van der Waals surface area contributed by atoms with E-state index in [1.165, 1.54) is 50.4 Å². The molecule has 0 saturated carbocycles. The number of ether oxygens (including phenoxy) is 1. The number of benzene rings is 2. The van der Waals surface area contributed by atoms with Gasteiger partial charge in [0, 0.05) is 17.7 Å². The summed E-state index contributed by atoms with van der Waals surface area (Å²) in [5, 5.41) is 10.9. The molecule has 1 heterocycles. The first kappa shape index (κ1) is 22.5. The van der Waals surface area contributed by atoms with Gasteiger partial charge in [0.05, 0.1) is 18.3 Å². The van der Waals surface area contributed by atoms with Crippen LogP contribution in [0.5, 0.6) is 5.75 Å². The van der Waals surface area contributed by atoms with Crippen molar-refractivity contribution >= 4 is 22.8 Å². The average molecular weight is 436 g/mol. The molecule has 3 aromatic rings. The number of aromatic amines is 1. The number of aliphatic hydroxyl groups is 1. The number of rotatable bonds is 6. The van der Waals surface area contributed by atoms with Crippen molar-refractivity contribution < 1.29 is 27.4 Å². The fourth-order valence-electron chi connectivity index (χ4n) is 3.27. The number of methoxy groups -OCH3 is 1. The van der Waals surface area contributed by atoms with E-state index in [-0.39, 0.29) is 22.6 Å². The van der Waals surface area contributed by atoms with Gasteiger partial charge in [-0.2, -0.15) is 13.2 Å². The van der Waals surface area contributed by atoms with Gasteiger partial charge in [-0.25, -0.2) is 4.39 Å². The molecule has 2 unspecified atom stereocenters. The Bertz CT molecular complexity index is 1170. The molecule has 0 bridgehead atoms. The van der Waals surface area contributed by atoms with E-state index in [1.807, 2.05) is 0 Å². The summed E-state index contributed by atoms with van der Waals surface area (Å²) in [7, 11) is 1.28. The highest BCUT2D eigenvalue weighted by molar-refractivity contribution is 5.91. The van der Waals surface area contributed by atoms with Crippen molar-refractivity contribution in [3.8, 4) is 5.75 Å². The molecular formula is C22H20F4N2O3. The van der Waals surface area contributed by atoms with Gasteiger partial charge in [0.15, 0.2) is 17.2 Å². The Morgan fingerprint density at radius 1 is 1.19 bits per heavy atom. The third kappa shape index (κ3) is 4.77. The number of nitrogens with one attached hydrogen (secondary N) is 1. The van der Waals surface area contributed by atoms with Crippen LogP contribution in [0.2, 0.25) is 0 Å². The van der Waals surface area contributed by atoms with Crippen molar-refractivity contribution in [3.05, 3.63) is 70.3 Å². The fourth-order valence-corrected chi connectivity index (χ4v) is 3.27. The Labute approximate surface area is 175 Å². The van der Waals surface area contributed by atoms with Crippen molar-refractivity contribution in [3.63, 3.8) is 0 Å². The summed E-state index contributed by atoms with van der Waals surface area (Å²) in [5.74, 6) is -1.58. The first-order valence-corrected chi connectivity index (χ1v) is 9.34. The first-order chi connectivity index (χ1) is 14.5. The van der Waals surface area contributed by atoms with Gasteiger partial charge in [-0.3, -0.25) is 9.79 Å². The number of halogens is 4. The van der Waals surface area contributed by atoms with Gasteiger partial charge in [0.2, 0.25) is 5.56 Å². The van der Waals surface area contributed by atoms with Gasteiger partial charge >= 0.3 is 6.18 Å². The van der Waals surface area contributed by atoms with Gasteiger partial charge in [-0.1, -0.05) is 19.1 Å². The summed E-state index contributed by atoms with van der Waals surface area (Å²) < 4.78 is 60.1. The topological polar surface area (TPSA) is 74.7 Å². The van der Waals surface area contributed by atoms with Crippen LogP contribution in [0.3, 0.4) is 0 Å². The quantitative estimate of drug-likeness (QED) is 0.428. The highest BCUT2D eigenvalue weighted by Gasteiger charge is 2.53. The predicted octanol–water partition coefficient (Wildman–Crippen LogP) is 4.87. The molecule has 0 spiro atoms. The van der Waals surface area contributed by atoms with Crippen LogP contribution < -0.4 is 10.3 Å². The summed E-state index contributed by atoms with van der Waals surface area (Å²) in [6.45, 7) is 1.45. The largest absolute Gasteiger partial charge is 0.494 e. The molecule has 2 atom stereocenters. The second kappa shape index (κ2) is 8.50. The van der Waals surface area contributed by atoms with Crippen LogP contribution in [0.4, 0.5) is 23.2 Å². The lowest BCUT2D eigenvalue weighted by molar-refractivity contribution is -0.231. The summed E-state index contributed by atoms with van der Waals surface area (Å²) in [6.07, 6.45) is -5.34. The Morgan fingerprint density at radius 3 is 2.58 bits per heavy atom. The molecule has 1 aromatic heterocycles. The van der Waals surface area contributed by atoms with E-state index in [4.69, 9.17) is 4.74 Å². The van der Waals surface area contributed by atoms with E-state index >= 15 is 0 Å². The van der Waals surface area contributed by atoms with Gasteiger partial charge in [-0.15, -0.1) is 0 Å². The van der Waals surface area contributed by atoms with Gasteiger partial charge in [-0.05, 0) is 48.2 Å². The van der Waals surface area contributed by atoms with Crippen LogP contribution in [0.1, 0.15) is 24.8 Å². The third-order valence-electron chi connectivity index (χ3n) is 5.01. The second-order valence-electron chi connectivity index (χ2n) is 7.24. The summed E-state index contributed by atoms with van der Waals surface area (Å²) in [4.78, 5) is 17.9. The number of aromatic nitrogens is 1. The summed E-state index contributed by atoms with van der Waals surface area (Å²) in [5.41, 5.74) is -2.79. The molecule has 0 fully saturated rings. The van der Waals surface area contributed by atoms with E-state index in [2.05, 4.69) is 9.98 Å². The van der Waals surface area contributed by atoms with Crippen molar-refractivity contribution in [1.82, 2.24) is 4.98 Å². The maximum absolute atomic E-state index is 14.0. The van der Waals surface area contributed by atoms with Crippen molar-refractivity contribution in [2.24, 2.45) is 4.99 Å². The molecule has 3 rings (SSSR count). The normalized spacial score (nSPS) is 15.2. The van der Waals surface area contributed by atoms with Crippen LogP contribution in [-0.4, -0.2) is 35.2 Å². The molecule has 2 aromatic carbocycles. The van der Waals surface area contributed by atoms with Crippen molar-refractivity contribution in [1.29, 1.82) is 0 Å². The average Bonchev–Trinajstić information content (AvgIpc) is 2.71. The number of pyridine rings is 1. The lowest BCUT2D eigenvalue weighted by atomic mass is 9.87. The van der Waals surface area contributed by atoms with E-state index in [0.717, 1.165) is 6.07 Å². The minimum Gasteiger partial charge on any atom is -0.494 e. The number of alkyl halides is 3.